The predicted octanol–water partition coefficient (Wildman–Crippen LogP) is 2.78. The van der Waals surface area contributed by atoms with E-state index < -0.39 is 0 Å². The number of piperazine rings is 1. The maximum atomic E-state index is 6.12. The maximum absolute atomic E-state index is 6.12. The van der Waals surface area contributed by atoms with Crippen molar-refractivity contribution in [1.82, 2.24) is 14.9 Å². The first kappa shape index (κ1) is 14.5. The molecule has 1 atom stereocenters. The zero-order valence-electron chi connectivity index (χ0n) is 12.2. The number of rotatable bonds is 3. The van der Waals surface area contributed by atoms with Crippen LogP contribution in [-0.2, 0) is 0 Å². The van der Waals surface area contributed by atoms with Crippen molar-refractivity contribution in [2.24, 2.45) is 0 Å². The van der Waals surface area contributed by atoms with Crippen LogP contribution in [-0.4, -0.2) is 47.6 Å². The van der Waals surface area contributed by atoms with Crippen LogP contribution in [0.5, 0.6) is 0 Å². The molecule has 19 heavy (non-hydrogen) atoms. The average Bonchev–Trinajstić information content (AvgIpc) is 2.38. The van der Waals surface area contributed by atoms with E-state index in [-0.39, 0.29) is 0 Å². The first-order valence-electron chi connectivity index (χ1n) is 7.01. The third-order valence-corrected chi connectivity index (χ3v) is 3.98. The van der Waals surface area contributed by atoms with Crippen molar-refractivity contribution >= 4 is 17.4 Å². The Bertz CT molecular complexity index is 435. The quantitative estimate of drug-likeness (QED) is 0.798. The molecule has 1 aromatic heterocycles. The van der Waals surface area contributed by atoms with Gasteiger partial charge >= 0.3 is 0 Å². The highest BCUT2D eigenvalue weighted by Gasteiger charge is 2.24. The fourth-order valence-corrected chi connectivity index (χ4v) is 2.62. The Kier molecular flexibility index (Phi) is 4.63. The number of likely N-dealkylation sites (N-methyl/N-ethyl adjacent to an activating group) is 1. The lowest BCUT2D eigenvalue weighted by molar-refractivity contribution is 0.213. The topological polar surface area (TPSA) is 32.3 Å². The van der Waals surface area contributed by atoms with Crippen molar-refractivity contribution < 1.29 is 0 Å². The molecule has 1 saturated heterocycles. The van der Waals surface area contributed by atoms with Gasteiger partial charge in [0, 0.05) is 37.7 Å². The number of hydrogen-bond donors (Lipinski definition) is 0. The summed E-state index contributed by atoms with van der Waals surface area (Å²) >= 11 is 6.12. The molecule has 0 radical (unpaired) electrons. The van der Waals surface area contributed by atoms with Crippen LogP contribution in [0, 0.1) is 0 Å². The highest BCUT2D eigenvalue weighted by molar-refractivity contribution is 6.29. The van der Waals surface area contributed by atoms with Gasteiger partial charge in [-0.15, -0.1) is 0 Å². The Hall–Kier alpha value is -0.870. The van der Waals surface area contributed by atoms with Gasteiger partial charge in [-0.05, 0) is 13.5 Å². The second kappa shape index (κ2) is 6.06. The van der Waals surface area contributed by atoms with Crippen molar-refractivity contribution in [2.45, 2.75) is 39.2 Å². The molecule has 2 rings (SSSR count). The summed E-state index contributed by atoms with van der Waals surface area (Å²) in [6.07, 6.45) is 1.16. The van der Waals surface area contributed by atoms with Gasteiger partial charge < -0.3 is 4.90 Å². The first-order chi connectivity index (χ1) is 9.01. The summed E-state index contributed by atoms with van der Waals surface area (Å²) in [5.41, 5.74) is 0. The van der Waals surface area contributed by atoms with E-state index in [2.05, 4.69) is 47.6 Å². The maximum Gasteiger partial charge on any atom is 0.135 e. The molecule has 0 aromatic carbocycles. The van der Waals surface area contributed by atoms with Crippen LogP contribution in [0.25, 0.3) is 0 Å². The van der Waals surface area contributed by atoms with Gasteiger partial charge in [-0.1, -0.05) is 32.4 Å². The van der Waals surface area contributed by atoms with Gasteiger partial charge in [-0.3, -0.25) is 4.90 Å². The smallest absolute Gasteiger partial charge is 0.135 e. The van der Waals surface area contributed by atoms with E-state index in [0.29, 0.717) is 17.1 Å². The van der Waals surface area contributed by atoms with E-state index in [4.69, 9.17) is 11.6 Å². The second-order valence-electron chi connectivity index (χ2n) is 5.55. The van der Waals surface area contributed by atoms with E-state index in [0.717, 1.165) is 37.7 Å². The minimum absolute atomic E-state index is 0.298. The van der Waals surface area contributed by atoms with E-state index >= 15 is 0 Å². The molecule has 4 nitrogen and oxygen atoms in total. The molecule has 2 heterocycles. The van der Waals surface area contributed by atoms with E-state index in [1.807, 2.05) is 6.07 Å². The van der Waals surface area contributed by atoms with E-state index in [1.54, 1.807) is 0 Å². The summed E-state index contributed by atoms with van der Waals surface area (Å²) in [6, 6.07) is 2.47. The van der Waals surface area contributed by atoms with Gasteiger partial charge in [0.05, 0.1) is 0 Å². The summed E-state index contributed by atoms with van der Waals surface area (Å²) < 4.78 is 0. The molecule has 1 aromatic rings. The van der Waals surface area contributed by atoms with Gasteiger partial charge in [-0.25, -0.2) is 9.97 Å². The third-order valence-electron chi connectivity index (χ3n) is 3.79. The van der Waals surface area contributed by atoms with Crippen LogP contribution >= 0.6 is 11.6 Å². The Morgan fingerprint density at radius 3 is 2.74 bits per heavy atom. The fraction of sp³-hybridized carbons (Fsp3) is 0.714. The fourth-order valence-electron chi connectivity index (χ4n) is 2.44. The molecule has 0 amide bonds. The molecular formula is C14H23ClN4. The number of nitrogens with zero attached hydrogens (tertiary/aromatic N) is 4. The van der Waals surface area contributed by atoms with Gasteiger partial charge in [-0.2, -0.15) is 0 Å². The summed E-state index contributed by atoms with van der Waals surface area (Å²) in [5.74, 6) is 2.09. The number of aromatic nitrogens is 2. The zero-order valence-corrected chi connectivity index (χ0v) is 13.0. The Morgan fingerprint density at radius 2 is 2.11 bits per heavy atom. The van der Waals surface area contributed by atoms with Crippen LogP contribution in [0.15, 0.2) is 6.07 Å². The molecule has 5 heteroatoms. The van der Waals surface area contributed by atoms with Crippen LogP contribution in [0.1, 0.15) is 38.9 Å². The van der Waals surface area contributed by atoms with Crippen LogP contribution in [0.3, 0.4) is 0 Å². The van der Waals surface area contributed by atoms with Gasteiger partial charge in [0.1, 0.15) is 16.8 Å². The molecule has 0 aliphatic carbocycles. The summed E-state index contributed by atoms with van der Waals surface area (Å²) in [4.78, 5) is 13.7. The Balaban J connectivity index is 2.22. The van der Waals surface area contributed by atoms with Crippen molar-refractivity contribution in [3.05, 3.63) is 17.0 Å². The van der Waals surface area contributed by atoms with Crippen molar-refractivity contribution in [3.63, 3.8) is 0 Å². The molecule has 0 bridgehead atoms. The summed E-state index contributed by atoms with van der Waals surface area (Å²) in [5, 5.41) is 0.542. The molecule has 1 aliphatic heterocycles. The van der Waals surface area contributed by atoms with Gasteiger partial charge in [0.15, 0.2) is 0 Å². The standard InChI is InChI=1S/C14H23ClN4/c1-5-11-9-19(7-6-18(11)4)13-8-12(15)16-14(17-13)10(2)3/h8,10-11H,5-7,9H2,1-4H3. The third kappa shape index (κ3) is 3.37. The molecule has 0 N–H and O–H groups in total. The van der Waals surface area contributed by atoms with Crippen LogP contribution in [0.4, 0.5) is 5.82 Å². The van der Waals surface area contributed by atoms with Crippen molar-refractivity contribution in [3.8, 4) is 0 Å². The van der Waals surface area contributed by atoms with Crippen LogP contribution < -0.4 is 4.90 Å². The summed E-state index contributed by atoms with van der Waals surface area (Å²) in [6.45, 7) is 9.49. The van der Waals surface area contributed by atoms with Crippen LogP contribution in [0.2, 0.25) is 5.15 Å². The van der Waals surface area contributed by atoms with Crippen molar-refractivity contribution in [1.29, 1.82) is 0 Å². The lowest BCUT2D eigenvalue weighted by Crippen LogP contribution is -2.51. The minimum atomic E-state index is 0.298. The minimum Gasteiger partial charge on any atom is -0.354 e. The first-order valence-corrected chi connectivity index (χ1v) is 7.38. The largest absolute Gasteiger partial charge is 0.354 e. The second-order valence-corrected chi connectivity index (χ2v) is 5.94. The SMILES string of the molecule is CCC1CN(c2cc(Cl)nc(C(C)C)n2)CCN1C. The average molecular weight is 283 g/mol. The molecular weight excluding hydrogens is 260 g/mol. The molecule has 1 unspecified atom stereocenters. The molecule has 0 saturated carbocycles. The Labute approximate surface area is 120 Å². The molecule has 0 spiro atoms. The molecule has 1 fully saturated rings. The normalized spacial score (nSPS) is 21.2. The molecule has 1 aliphatic rings. The molecule has 106 valence electrons. The number of anilines is 1. The lowest BCUT2D eigenvalue weighted by Gasteiger charge is -2.39. The van der Waals surface area contributed by atoms with Crippen molar-refractivity contribution in [2.75, 3.05) is 31.6 Å². The van der Waals surface area contributed by atoms with E-state index in [1.165, 1.54) is 0 Å². The number of halogens is 1. The highest BCUT2D eigenvalue weighted by Crippen LogP contribution is 2.22. The lowest BCUT2D eigenvalue weighted by atomic mass is 10.1. The zero-order chi connectivity index (χ0) is 14.0. The van der Waals surface area contributed by atoms with E-state index in [9.17, 15) is 0 Å². The van der Waals surface area contributed by atoms with Gasteiger partial charge in [0.2, 0.25) is 0 Å². The predicted molar refractivity (Wildman–Crippen MR) is 80.1 cm³/mol. The monoisotopic (exact) mass is 282 g/mol. The summed E-state index contributed by atoms with van der Waals surface area (Å²) in [7, 11) is 2.19. The Morgan fingerprint density at radius 1 is 1.37 bits per heavy atom. The van der Waals surface area contributed by atoms with Gasteiger partial charge in [0.25, 0.3) is 0 Å². The number of hydrogen-bond acceptors (Lipinski definition) is 4. The highest BCUT2D eigenvalue weighted by atomic mass is 35.5.